The van der Waals surface area contributed by atoms with Crippen molar-refractivity contribution in [3.63, 3.8) is 0 Å². The van der Waals surface area contributed by atoms with Crippen molar-refractivity contribution in [1.82, 2.24) is 0 Å². The molecule has 4 N–H and O–H groups in total. The van der Waals surface area contributed by atoms with Gasteiger partial charge in [-0.15, -0.1) is 0 Å². The quantitative estimate of drug-likeness (QED) is 0.685. The number of benzene rings is 2. The summed E-state index contributed by atoms with van der Waals surface area (Å²) in [6, 6.07) is 12.1. The molecule has 2 aromatic rings. The van der Waals surface area contributed by atoms with Crippen LogP contribution in [-0.2, 0) is 16.1 Å². The highest BCUT2D eigenvalue weighted by Gasteiger charge is 2.57. The van der Waals surface area contributed by atoms with Crippen molar-refractivity contribution in [2.45, 2.75) is 51.3 Å². The van der Waals surface area contributed by atoms with Crippen LogP contribution in [0.1, 0.15) is 42.6 Å². The average Bonchev–Trinajstić information content (AvgIpc) is 2.70. The summed E-state index contributed by atoms with van der Waals surface area (Å²) >= 11 is 0. The number of aliphatic hydroxyl groups excluding tert-OH is 1. The summed E-state index contributed by atoms with van der Waals surface area (Å²) in [5, 5.41) is 20.4. The lowest BCUT2D eigenvalue weighted by Gasteiger charge is -2.51. The van der Waals surface area contributed by atoms with Crippen LogP contribution in [0.25, 0.3) is 11.1 Å². The Balaban J connectivity index is 1.66. The molecule has 0 aromatic heterocycles. The SMILES string of the molecule is CC1(C)C[C@H](OC(N)=O)[C@H](O)[C@@]2(C1)OCc1cc(-c3ccccc3C(=O)O)ccc1O2. The molecule has 1 aliphatic carbocycles. The Hall–Kier alpha value is -3.10. The highest BCUT2D eigenvalue weighted by Crippen LogP contribution is 2.48. The summed E-state index contributed by atoms with van der Waals surface area (Å²) in [6.07, 6.45) is -2.22. The van der Waals surface area contributed by atoms with E-state index >= 15 is 0 Å². The van der Waals surface area contributed by atoms with E-state index in [-0.39, 0.29) is 17.6 Å². The molecule has 31 heavy (non-hydrogen) atoms. The van der Waals surface area contributed by atoms with Gasteiger partial charge in [-0.1, -0.05) is 38.1 Å². The van der Waals surface area contributed by atoms with Crippen LogP contribution in [-0.4, -0.2) is 40.3 Å². The summed E-state index contributed by atoms with van der Waals surface area (Å²) in [5.74, 6) is -1.86. The van der Waals surface area contributed by atoms with Crippen LogP contribution >= 0.6 is 0 Å². The van der Waals surface area contributed by atoms with E-state index in [0.29, 0.717) is 24.2 Å². The highest BCUT2D eigenvalue weighted by atomic mass is 16.7. The zero-order valence-electron chi connectivity index (χ0n) is 17.3. The van der Waals surface area contributed by atoms with E-state index in [1.54, 1.807) is 36.4 Å². The van der Waals surface area contributed by atoms with Gasteiger partial charge in [-0.25, -0.2) is 9.59 Å². The number of fused-ring (bicyclic) bond motifs is 1. The second-order valence-corrected chi connectivity index (χ2v) is 8.84. The molecule has 0 bridgehead atoms. The number of hydrogen-bond acceptors (Lipinski definition) is 6. The normalized spacial score (nSPS) is 26.5. The number of nitrogens with two attached hydrogens (primary N) is 1. The van der Waals surface area contributed by atoms with E-state index < -0.39 is 30.1 Å². The Morgan fingerprint density at radius 3 is 2.65 bits per heavy atom. The molecule has 0 saturated heterocycles. The Kier molecular flexibility index (Phi) is 5.15. The highest BCUT2D eigenvalue weighted by molar-refractivity contribution is 5.96. The van der Waals surface area contributed by atoms with E-state index in [0.717, 1.165) is 11.1 Å². The molecule has 164 valence electrons. The molecule has 1 aliphatic heterocycles. The largest absolute Gasteiger partial charge is 0.478 e. The van der Waals surface area contributed by atoms with E-state index in [9.17, 15) is 19.8 Å². The monoisotopic (exact) mass is 427 g/mol. The fraction of sp³-hybridized carbons (Fsp3) is 0.391. The second-order valence-electron chi connectivity index (χ2n) is 8.84. The molecule has 2 aromatic carbocycles. The number of aromatic carboxylic acids is 1. The first kappa shape index (κ1) is 21.1. The van der Waals surface area contributed by atoms with Crippen molar-refractivity contribution in [3.05, 3.63) is 53.6 Å². The predicted octanol–water partition coefficient (Wildman–Crippen LogP) is 3.30. The summed E-state index contributed by atoms with van der Waals surface area (Å²) in [7, 11) is 0. The van der Waals surface area contributed by atoms with Gasteiger partial charge < -0.3 is 30.2 Å². The minimum atomic E-state index is -1.38. The van der Waals surface area contributed by atoms with Crippen LogP contribution in [0.15, 0.2) is 42.5 Å². The van der Waals surface area contributed by atoms with Crippen LogP contribution in [0.5, 0.6) is 5.75 Å². The van der Waals surface area contributed by atoms with Gasteiger partial charge >= 0.3 is 12.1 Å². The van der Waals surface area contributed by atoms with Gasteiger partial charge in [-0.2, -0.15) is 0 Å². The number of carbonyl (C=O) groups excluding carboxylic acids is 1. The summed E-state index contributed by atoms with van der Waals surface area (Å²) in [6.45, 7) is 4.10. The molecule has 4 rings (SSSR count). The van der Waals surface area contributed by atoms with Crippen molar-refractivity contribution >= 4 is 12.1 Å². The number of carboxylic acid groups (broad SMARTS) is 1. The Bertz CT molecular complexity index is 1030. The van der Waals surface area contributed by atoms with Crippen LogP contribution in [0.3, 0.4) is 0 Å². The predicted molar refractivity (Wildman–Crippen MR) is 110 cm³/mol. The van der Waals surface area contributed by atoms with E-state index in [1.807, 2.05) is 19.9 Å². The Morgan fingerprint density at radius 2 is 1.94 bits per heavy atom. The molecular formula is C23H25NO7. The molecule has 3 atom stereocenters. The van der Waals surface area contributed by atoms with E-state index in [4.69, 9.17) is 19.9 Å². The number of carboxylic acids is 1. The number of ether oxygens (including phenoxy) is 3. The molecule has 1 heterocycles. The van der Waals surface area contributed by atoms with Gasteiger partial charge in [0.05, 0.1) is 12.2 Å². The zero-order chi connectivity index (χ0) is 22.4. The minimum absolute atomic E-state index is 0.148. The fourth-order valence-corrected chi connectivity index (χ4v) is 4.57. The van der Waals surface area contributed by atoms with Gasteiger partial charge in [-0.05, 0) is 41.2 Å². The lowest BCUT2D eigenvalue weighted by atomic mass is 9.71. The molecule has 0 unspecified atom stereocenters. The number of hydrogen-bond donors (Lipinski definition) is 3. The van der Waals surface area contributed by atoms with Crippen molar-refractivity contribution < 1.29 is 34.0 Å². The summed E-state index contributed by atoms with van der Waals surface area (Å²) in [5.41, 5.74) is 7.08. The number of rotatable bonds is 3. The van der Waals surface area contributed by atoms with Crippen LogP contribution in [0, 0.1) is 5.41 Å². The summed E-state index contributed by atoms with van der Waals surface area (Å²) in [4.78, 5) is 22.9. The first-order valence-electron chi connectivity index (χ1n) is 10.0. The van der Waals surface area contributed by atoms with Crippen molar-refractivity contribution in [2.24, 2.45) is 11.1 Å². The van der Waals surface area contributed by atoms with Gasteiger partial charge in [0.15, 0.2) is 6.10 Å². The Morgan fingerprint density at radius 1 is 1.19 bits per heavy atom. The third kappa shape index (κ3) is 3.96. The molecule has 1 saturated carbocycles. The van der Waals surface area contributed by atoms with Gasteiger partial charge in [0.1, 0.15) is 11.9 Å². The maximum atomic E-state index is 11.6. The number of aliphatic hydroxyl groups is 1. The van der Waals surface area contributed by atoms with Crippen molar-refractivity contribution in [2.75, 3.05) is 0 Å². The first-order valence-corrected chi connectivity index (χ1v) is 10.0. The lowest BCUT2D eigenvalue weighted by molar-refractivity contribution is -0.304. The van der Waals surface area contributed by atoms with Crippen LogP contribution in [0.4, 0.5) is 4.79 Å². The third-order valence-electron chi connectivity index (χ3n) is 5.83. The van der Waals surface area contributed by atoms with Gasteiger partial charge in [0, 0.05) is 12.0 Å². The number of primary amides is 1. The summed E-state index contributed by atoms with van der Waals surface area (Å²) < 4.78 is 17.3. The molecule has 0 radical (unpaired) electrons. The fourth-order valence-electron chi connectivity index (χ4n) is 4.57. The number of amides is 1. The first-order chi connectivity index (χ1) is 14.6. The Labute approximate surface area is 179 Å². The molecular weight excluding hydrogens is 402 g/mol. The average molecular weight is 427 g/mol. The maximum absolute atomic E-state index is 11.6. The van der Waals surface area contributed by atoms with E-state index in [2.05, 4.69) is 0 Å². The molecule has 8 nitrogen and oxygen atoms in total. The smallest absolute Gasteiger partial charge is 0.404 e. The molecule has 1 fully saturated rings. The van der Waals surface area contributed by atoms with Crippen LogP contribution in [0.2, 0.25) is 0 Å². The van der Waals surface area contributed by atoms with Crippen molar-refractivity contribution in [1.29, 1.82) is 0 Å². The van der Waals surface area contributed by atoms with Gasteiger partial charge in [-0.3, -0.25) is 0 Å². The zero-order valence-corrected chi connectivity index (χ0v) is 17.3. The second kappa shape index (κ2) is 7.55. The molecule has 1 spiro atoms. The maximum Gasteiger partial charge on any atom is 0.404 e. The molecule has 8 heteroatoms. The van der Waals surface area contributed by atoms with Gasteiger partial charge in [0.25, 0.3) is 0 Å². The number of carbonyl (C=O) groups is 2. The topological polar surface area (TPSA) is 128 Å². The lowest BCUT2D eigenvalue weighted by Crippen LogP contribution is -2.63. The van der Waals surface area contributed by atoms with Crippen LogP contribution < -0.4 is 10.5 Å². The van der Waals surface area contributed by atoms with Crippen molar-refractivity contribution in [3.8, 4) is 16.9 Å². The standard InChI is InChI=1S/C23H25NO7/c1-22(2)10-18(30-21(24)28)19(25)23(12-22)29-11-14-9-13(7-8-17(14)31-23)15-5-3-4-6-16(15)20(26)27/h3-9,18-19,25H,10-12H2,1-2H3,(H2,24,28)(H,26,27)/t18-,19-,23-/m0/s1. The third-order valence-corrected chi connectivity index (χ3v) is 5.83. The molecule has 2 aliphatic rings. The van der Waals surface area contributed by atoms with Gasteiger partial charge in [0.2, 0.25) is 5.79 Å². The van der Waals surface area contributed by atoms with E-state index in [1.165, 1.54) is 0 Å². The molecule has 1 amide bonds. The minimum Gasteiger partial charge on any atom is -0.478 e.